The second-order valence-corrected chi connectivity index (χ2v) is 6.23. The van der Waals surface area contributed by atoms with Crippen molar-refractivity contribution in [2.75, 3.05) is 5.73 Å². The van der Waals surface area contributed by atoms with Crippen molar-refractivity contribution >= 4 is 15.5 Å². The van der Waals surface area contributed by atoms with Gasteiger partial charge < -0.3 is 5.73 Å². The third kappa shape index (κ3) is 2.99. The highest BCUT2D eigenvalue weighted by Gasteiger charge is 2.23. The van der Waals surface area contributed by atoms with Gasteiger partial charge in [0.05, 0.1) is 5.75 Å². The molecule has 0 aliphatic rings. The summed E-state index contributed by atoms with van der Waals surface area (Å²) in [6, 6.07) is 3.58. The fourth-order valence-corrected chi connectivity index (χ4v) is 3.17. The van der Waals surface area contributed by atoms with Crippen LogP contribution in [0.2, 0.25) is 0 Å². The molecule has 112 valence electrons. The van der Waals surface area contributed by atoms with Gasteiger partial charge in [-0.15, -0.1) is 0 Å². The molecule has 2 N–H and O–H groups in total. The van der Waals surface area contributed by atoms with E-state index in [9.17, 15) is 26.0 Å². The van der Waals surface area contributed by atoms with Crippen LogP contribution >= 0.6 is 0 Å². The molecule has 0 heterocycles. The Bertz CT molecular complexity index is 806. The minimum atomic E-state index is -4.35. The van der Waals surface area contributed by atoms with E-state index in [1.807, 2.05) is 0 Å². The van der Waals surface area contributed by atoms with Crippen molar-refractivity contribution in [1.29, 1.82) is 0 Å². The SMILES string of the molecule is Nc1c(F)ccc(CS(=O)(=O)c2cc(F)ccc2F)c1F. The summed E-state index contributed by atoms with van der Waals surface area (Å²) in [5.74, 6) is -5.36. The van der Waals surface area contributed by atoms with E-state index in [0.717, 1.165) is 18.2 Å². The van der Waals surface area contributed by atoms with E-state index in [4.69, 9.17) is 5.73 Å². The molecule has 3 nitrogen and oxygen atoms in total. The molecule has 0 unspecified atom stereocenters. The maximum atomic E-state index is 13.7. The predicted octanol–water partition coefficient (Wildman–Crippen LogP) is 2.80. The van der Waals surface area contributed by atoms with Crippen LogP contribution in [-0.2, 0) is 15.6 Å². The Morgan fingerprint density at radius 3 is 2.24 bits per heavy atom. The monoisotopic (exact) mass is 319 g/mol. The number of rotatable bonds is 3. The van der Waals surface area contributed by atoms with E-state index in [1.54, 1.807) is 0 Å². The molecule has 2 rings (SSSR count). The summed E-state index contributed by atoms with van der Waals surface area (Å²) in [4.78, 5) is -0.898. The second-order valence-electron chi connectivity index (χ2n) is 4.27. The van der Waals surface area contributed by atoms with Gasteiger partial charge in [0.15, 0.2) is 15.7 Å². The van der Waals surface area contributed by atoms with Crippen molar-refractivity contribution in [3.8, 4) is 0 Å². The first-order chi connectivity index (χ1) is 9.72. The van der Waals surface area contributed by atoms with Crippen molar-refractivity contribution < 1.29 is 26.0 Å². The number of anilines is 1. The second kappa shape index (κ2) is 5.36. The Kier molecular flexibility index (Phi) is 3.91. The van der Waals surface area contributed by atoms with Crippen LogP contribution in [0.1, 0.15) is 5.56 Å². The molecule has 0 bridgehead atoms. The Morgan fingerprint density at radius 2 is 1.57 bits per heavy atom. The minimum Gasteiger partial charge on any atom is -0.394 e. The van der Waals surface area contributed by atoms with Crippen molar-refractivity contribution in [3.63, 3.8) is 0 Å². The van der Waals surface area contributed by atoms with Crippen molar-refractivity contribution in [2.45, 2.75) is 10.6 Å². The third-order valence-electron chi connectivity index (χ3n) is 2.78. The molecule has 0 amide bonds. The standard InChI is InChI=1S/C13H9F4NO2S/c14-8-2-4-9(15)11(5-8)21(19,20)6-7-1-3-10(16)13(18)12(7)17/h1-5H,6,18H2. The lowest BCUT2D eigenvalue weighted by atomic mass is 10.2. The van der Waals surface area contributed by atoms with Gasteiger partial charge in [-0.2, -0.15) is 0 Å². The molecule has 0 spiro atoms. The Morgan fingerprint density at radius 1 is 0.952 bits per heavy atom. The topological polar surface area (TPSA) is 60.2 Å². The van der Waals surface area contributed by atoms with Crippen molar-refractivity contribution in [1.82, 2.24) is 0 Å². The van der Waals surface area contributed by atoms with Crippen LogP contribution in [0.3, 0.4) is 0 Å². The van der Waals surface area contributed by atoms with Crippen LogP contribution in [0.25, 0.3) is 0 Å². The highest BCUT2D eigenvalue weighted by molar-refractivity contribution is 7.90. The number of benzene rings is 2. The smallest absolute Gasteiger partial charge is 0.185 e. The number of halogens is 4. The summed E-state index contributed by atoms with van der Waals surface area (Å²) in [6.45, 7) is 0. The average Bonchev–Trinajstić information content (AvgIpc) is 2.42. The molecule has 0 fully saturated rings. The summed E-state index contributed by atoms with van der Waals surface area (Å²) >= 11 is 0. The fourth-order valence-electron chi connectivity index (χ4n) is 1.72. The summed E-state index contributed by atoms with van der Waals surface area (Å²) in [5, 5.41) is 0. The molecule has 8 heteroatoms. The fraction of sp³-hybridized carbons (Fsp3) is 0.0769. The van der Waals surface area contributed by atoms with Crippen LogP contribution in [0, 0.1) is 23.3 Å². The molecule has 2 aromatic carbocycles. The number of sulfone groups is 1. The number of nitrogens with two attached hydrogens (primary N) is 1. The van der Waals surface area contributed by atoms with Crippen LogP contribution in [-0.4, -0.2) is 8.42 Å². The third-order valence-corrected chi connectivity index (χ3v) is 4.45. The highest BCUT2D eigenvalue weighted by atomic mass is 32.2. The van der Waals surface area contributed by atoms with Gasteiger partial charge in [0.1, 0.15) is 28.0 Å². The molecular weight excluding hydrogens is 310 g/mol. The minimum absolute atomic E-state index is 0.433. The molecule has 2 aromatic rings. The Balaban J connectivity index is 2.47. The van der Waals surface area contributed by atoms with E-state index in [1.165, 1.54) is 0 Å². The maximum absolute atomic E-state index is 13.7. The lowest BCUT2D eigenvalue weighted by molar-refractivity contribution is 0.550. The van der Waals surface area contributed by atoms with Crippen molar-refractivity contribution in [3.05, 3.63) is 59.2 Å². The van der Waals surface area contributed by atoms with Crippen LogP contribution < -0.4 is 5.73 Å². The van der Waals surface area contributed by atoms with Gasteiger partial charge >= 0.3 is 0 Å². The van der Waals surface area contributed by atoms with E-state index < -0.39 is 55.0 Å². The normalized spacial score (nSPS) is 11.6. The average molecular weight is 319 g/mol. The molecule has 0 aliphatic carbocycles. The maximum Gasteiger partial charge on any atom is 0.185 e. The lowest BCUT2D eigenvalue weighted by Crippen LogP contribution is -2.10. The molecule has 0 aromatic heterocycles. The molecule has 21 heavy (non-hydrogen) atoms. The number of nitrogen functional groups attached to an aromatic ring is 1. The van der Waals surface area contributed by atoms with Crippen LogP contribution in [0.15, 0.2) is 35.2 Å². The molecule has 0 atom stereocenters. The predicted molar refractivity (Wildman–Crippen MR) is 68.0 cm³/mol. The first-order valence-corrected chi connectivity index (χ1v) is 7.28. The van der Waals surface area contributed by atoms with Crippen molar-refractivity contribution in [2.24, 2.45) is 0 Å². The molecule has 0 saturated carbocycles. The lowest BCUT2D eigenvalue weighted by Gasteiger charge is -2.08. The first kappa shape index (κ1) is 15.3. The zero-order valence-corrected chi connectivity index (χ0v) is 11.2. The van der Waals surface area contributed by atoms with Crippen LogP contribution in [0.5, 0.6) is 0 Å². The van der Waals surface area contributed by atoms with Crippen LogP contribution in [0.4, 0.5) is 23.2 Å². The van der Waals surface area contributed by atoms with Gasteiger partial charge in [-0.3, -0.25) is 0 Å². The number of hydrogen-bond acceptors (Lipinski definition) is 3. The quantitative estimate of drug-likeness (QED) is 0.699. The first-order valence-electron chi connectivity index (χ1n) is 5.62. The van der Waals surface area contributed by atoms with E-state index in [0.29, 0.717) is 12.1 Å². The van der Waals surface area contributed by atoms with Gasteiger partial charge in [-0.05, 0) is 24.3 Å². The zero-order valence-electron chi connectivity index (χ0n) is 10.4. The summed E-state index contributed by atoms with van der Waals surface area (Å²) in [6.07, 6.45) is 0. The Hall–Kier alpha value is -2.09. The van der Waals surface area contributed by atoms with Gasteiger partial charge in [-0.25, -0.2) is 26.0 Å². The summed E-state index contributed by atoms with van der Waals surface area (Å²) in [5.41, 5.74) is 3.85. The van der Waals surface area contributed by atoms with Gasteiger partial charge in [0.25, 0.3) is 0 Å². The van der Waals surface area contributed by atoms with Gasteiger partial charge in [0.2, 0.25) is 0 Å². The molecule has 0 radical (unpaired) electrons. The highest BCUT2D eigenvalue weighted by Crippen LogP contribution is 2.25. The van der Waals surface area contributed by atoms with Gasteiger partial charge in [0, 0.05) is 5.56 Å². The molecule has 0 aliphatic heterocycles. The largest absolute Gasteiger partial charge is 0.394 e. The van der Waals surface area contributed by atoms with E-state index >= 15 is 0 Å². The van der Waals surface area contributed by atoms with E-state index in [-0.39, 0.29) is 0 Å². The Labute approximate surface area is 117 Å². The number of hydrogen-bond donors (Lipinski definition) is 1. The molecule has 0 saturated heterocycles. The molecular formula is C13H9F4NO2S. The van der Waals surface area contributed by atoms with Gasteiger partial charge in [-0.1, -0.05) is 6.07 Å². The summed E-state index contributed by atoms with van der Waals surface area (Å²) in [7, 11) is -4.35. The van der Waals surface area contributed by atoms with E-state index in [2.05, 4.69) is 0 Å². The zero-order chi connectivity index (χ0) is 15.8. The summed E-state index contributed by atoms with van der Waals surface area (Å²) < 4.78 is 77.3.